The molecule has 2 aliphatic heterocycles. The molecule has 6 heteroatoms. The average Bonchev–Trinajstić information content (AvgIpc) is 3.10. The molecule has 3 N–H and O–H groups in total. The van der Waals surface area contributed by atoms with E-state index in [2.05, 4.69) is 42.8 Å². The maximum Gasteiger partial charge on any atom is 0.189 e. The molecule has 124 valence electrons. The van der Waals surface area contributed by atoms with Crippen LogP contribution >= 0.6 is 11.8 Å². The Morgan fingerprint density at radius 2 is 2.18 bits per heavy atom. The zero-order chi connectivity index (χ0) is 16.0. The minimum atomic E-state index is -0.0792. The number of hydrogen-bond acceptors (Lipinski definition) is 6. The minimum Gasteiger partial charge on any atom is -0.469 e. The second-order valence-corrected chi connectivity index (χ2v) is 7.51. The average molecular weight is 325 g/mol. The fraction of sp³-hybridized carbons (Fsp3) is 0.625. The molecule has 22 heavy (non-hydrogen) atoms. The molecule has 0 aromatic carbocycles. The Balaban J connectivity index is 1.68. The number of thioether (sulfide) groups is 1. The minimum absolute atomic E-state index is 0.0374. The zero-order valence-electron chi connectivity index (χ0n) is 13.8. The number of allylic oxidation sites excluding steroid dienone is 2. The maximum atomic E-state index is 5.88. The first-order valence-electron chi connectivity index (χ1n) is 7.66. The molecule has 2 aliphatic rings. The summed E-state index contributed by atoms with van der Waals surface area (Å²) < 4.78 is 10.9. The van der Waals surface area contributed by atoms with Crippen LogP contribution in [0.5, 0.6) is 0 Å². The Hall–Kier alpha value is -1.11. The summed E-state index contributed by atoms with van der Waals surface area (Å²) in [6, 6.07) is 0. The van der Waals surface area contributed by atoms with Crippen LogP contribution in [0.3, 0.4) is 0 Å². The molecule has 0 spiro atoms. The highest BCUT2D eigenvalue weighted by atomic mass is 32.2. The molecule has 0 aromatic heterocycles. The van der Waals surface area contributed by atoms with Gasteiger partial charge in [-0.05, 0) is 25.1 Å². The number of rotatable bonds is 7. The Kier molecular flexibility index (Phi) is 6.23. The second kappa shape index (κ2) is 7.94. The van der Waals surface area contributed by atoms with E-state index in [0.717, 1.165) is 25.3 Å². The summed E-state index contributed by atoms with van der Waals surface area (Å²) in [5, 5.41) is 9.98. The van der Waals surface area contributed by atoms with E-state index in [1.807, 2.05) is 18.5 Å². The Labute approximate surface area is 137 Å². The van der Waals surface area contributed by atoms with E-state index >= 15 is 0 Å². The van der Waals surface area contributed by atoms with Crippen molar-refractivity contribution in [2.24, 2.45) is 5.41 Å². The van der Waals surface area contributed by atoms with Gasteiger partial charge in [0.15, 0.2) is 6.23 Å². The normalized spacial score (nSPS) is 24.7. The number of ether oxygens (including phenoxy) is 2. The first kappa shape index (κ1) is 17.2. The molecule has 0 fully saturated rings. The highest BCUT2D eigenvalue weighted by molar-refractivity contribution is 8.04. The van der Waals surface area contributed by atoms with Crippen LogP contribution in [-0.2, 0) is 9.47 Å². The van der Waals surface area contributed by atoms with Crippen molar-refractivity contribution in [1.29, 1.82) is 0 Å². The molecular weight excluding hydrogens is 298 g/mol. The lowest BCUT2D eigenvalue weighted by Crippen LogP contribution is -2.34. The molecule has 0 radical (unpaired) electrons. The summed E-state index contributed by atoms with van der Waals surface area (Å²) in [7, 11) is 1.73. The quantitative estimate of drug-likeness (QED) is 0.625. The SMILES string of the molecule is COCCCNC1NC=C(/C=C/C2NC=C(C(C)(C)C)O2)S1. The first-order valence-corrected chi connectivity index (χ1v) is 8.54. The molecular formula is C16H27N3O2S. The van der Waals surface area contributed by atoms with Gasteiger partial charge in [0.25, 0.3) is 0 Å². The van der Waals surface area contributed by atoms with Gasteiger partial charge in [0.2, 0.25) is 0 Å². The van der Waals surface area contributed by atoms with Gasteiger partial charge in [-0.3, -0.25) is 5.32 Å². The highest BCUT2D eigenvalue weighted by Gasteiger charge is 2.25. The third-order valence-corrected chi connectivity index (χ3v) is 4.36. The summed E-state index contributed by atoms with van der Waals surface area (Å²) >= 11 is 1.77. The van der Waals surface area contributed by atoms with Crippen LogP contribution < -0.4 is 16.0 Å². The number of hydrogen-bond donors (Lipinski definition) is 3. The molecule has 2 atom stereocenters. The van der Waals surface area contributed by atoms with Gasteiger partial charge < -0.3 is 20.1 Å². The highest BCUT2D eigenvalue weighted by Crippen LogP contribution is 2.30. The maximum absolute atomic E-state index is 5.88. The van der Waals surface area contributed by atoms with Crippen LogP contribution in [0.25, 0.3) is 0 Å². The summed E-state index contributed by atoms with van der Waals surface area (Å²) in [6.45, 7) is 8.16. The van der Waals surface area contributed by atoms with Crippen LogP contribution in [0.4, 0.5) is 0 Å². The van der Waals surface area contributed by atoms with Crippen LogP contribution in [0.15, 0.2) is 35.2 Å². The zero-order valence-corrected chi connectivity index (χ0v) is 14.6. The van der Waals surface area contributed by atoms with Crippen LogP contribution in [-0.4, -0.2) is 32.0 Å². The van der Waals surface area contributed by atoms with Gasteiger partial charge in [-0.15, -0.1) is 0 Å². The van der Waals surface area contributed by atoms with E-state index in [1.54, 1.807) is 18.9 Å². The van der Waals surface area contributed by atoms with Gasteiger partial charge in [-0.1, -0.05) is 32.5 Å². The summed E-state index contributed by atoms with van der Waals surface area (Å²) in [6.07, 6.45) is 9.06. The Morgan fingerprint density at radius 3 is 2.86 bits per heavy atom. The molecule has 0 aliphatic carbocycles. The Bertz CT molecular complexity index is 455. The summed E-state index contributed by atoms with van der Waals surface area (Å²) in [5.74, 6) is 0.992. The molecule has 0 saturated heterocycles. The lowest BCUT2D eigenvalue weighted by Gasteiger charge is -2.20. The van der Waals surface area contributed by atoms with Crippen LogP contribution in [0.2, 0.25) is 0 Å². The van der Waals surface area contributed by atoms with Crippen molar-refractivity contribution < 1.29 is 9.47 Å². The van der Waals surface area contributed by atoms with Crippen molar-refractivity contribution in [3.8, 4) is 0 Å². The third-order valence-electron chi connectivity index (χ3n) is 3.29. The predicted octanol–water partition coefficient (Wildman–Crippen LogP) is 2.46. The fourth-order valence-corrected chi connectivity index (χ4v) is 2.94. The van der Waals surface area contributed by atoms with Gasteiger partial charge in [-0.2, -0.15) is 0 Å². The lowest BCUT2D eigenvalue weighted by atomic mass is 9.95. The lowest BCUT2D eigenvalue weighted by molar-refractivity contribution is 0.123. The molecule has 5 nitrogen and oxygen atoms in total. The largest absolute Gasteiger partial charge is 0.469 e. The second-order valence-electron chi connectivity index (χ2n) is 6.33. The molecule has 0 bridgehead atoms. The predicted molar refractivity (Wildman–Crippen MR) is 91.8 cm³/mol. The van der Waals surface area contributed by atoms with Crippen molar-refractivity contribution in [3.05, 3.63) is 35.2 Å². The van der Waals surface area contributed by atoms with Crippen molar-refractivity contribution in [2.45, 2.75) is 38.9 Å². The standard InChI is InChI=1S/C16H27N3O2S/c1-16(2,3)13-11-18-14(21-13)7-6-12-10-19-15(22-12)17-8-5-9-20-4/h6-7,10-11,14-15,17-19H,5,8-9H2,1-4H3/b7-6+. The first-order chi connectivity index (χ1) is 10.5. The molecule has 0 amide bonds. The van der Waals surface area contributed by atoms with Gasteiger partial charge in [0.1, 0.15) is 11.3 Å². The van der Waals surface area contributed by atoms with Crippen molar-refractivity contribution in [3.63, 3.8) is 0 Å². The molecule has 0 aromatic rings. The molecule has 2 rings (SSSR count). The van der Waals surface area contributed by atoms with E-state index < -0.39 is 0 Å². The number of nitrogens with one attached hydrogen (secondary N) is 3. The van der Waals surface area contributed by atoms with Gasteiger partial charge in [0.05, 0.1) is 0 Å². The van der Waals surface area contributed by atoms with Crippen molar-refractivity contribution in [1.82, 2.24) is 16.0 Å². The number of methoxy groups -OCH3 is 1. The summed E-state index contributed by atoms with van der Waals surface area (Å²) in [4.78, 5) is 1.19. The monoisotopic (exact) mass is 325 g/mol. The fourth-order valence-electron chi connectivity index (χ4n) is 2.03. The van der Waals surface area contributed by atoms with Crippen LogP contribution in [0, 0.1) is 5.41 Å². The van der Waals surface area contributed by atoms with Gasteiger partial charge in [-0.25, -0.2) is 0 Å². The topological polar surface area (TPSA) is 54.5 Å². The molecule has 0 saturated carbocycles. The van der Waals surface area contributed by atoms with Crippen LogP contribution in [0.1, 0.15) is 27.2 Å². The van der Waals surface area contributed by atoms with E-state index in [9.17, 15) is 0 Å². The van der Waals surface area contributed by atoms with E-state index in [1.165, 1.54) is 4.91 Å². The van der Waals surface area contributed by atoms with Crippen molar-refractivity contribution in [2.75, 3.05) is 20.3 Å². The molecule has 2 unspecified atom stereocenters. The Morgan fingerprint density at radius 1 is 1.36 bits per heavy atom. The third kappa shape index (κ3) is 5.26. The van der Waals surface area contributed by atoms with E-state index in [-0.39, 0.29) is 17.1 Å². The molecule has 2 heterocycles. The van der Waals surface area contributed by atoms with Crippen molar-refractivity contribution >= 4 is 11.8 Å². The van der Waals surface area contributed by atoms with E-state index in [0.29, 0.717) is 0 Å². The van der Waals surface area contributed by atoms with E-state index in [4.69, 9.17) is 9.47 Å². The van der Waals surface area contributed by atoms with Gasteiger partial charge in [0, 0.05) is 36.4 Å². The smallest absolute Gasteiger partial charge is 0.189 e. The van der Waals surface area contributed by atoms with Gasteiger partial charge >= 0.3 is 0 Å². The summed E-state index contributed by atoms with van der Waals surface area (Å²) in [5.41, 5.74) is 0.271.